The van der Waals surface area contributed by atoms with Crippen LogP contribution in [-0.4, -0.2) is 35.1 Å². The summed E-state index contributed by atoms with van der Waals surface area (Å²) in [4.78, 5) is 0. The van der Waals surface area contributed by atoms with E-state index in [4.69, 9.17) is 0 Å². The van der Waals surface area contributed by atoms with Crippen molar-refractivity contribution in [3.8, 4) is 0 Å². The average molecular weight is 259 g/mol. The highest BCUT2D eigenvalue weighted by atomic mass is 32.2. The monoisotopic (exact) mass is 259 g/mol. The molecule has 2 aliphatic rings. The minimum Gasteiger partial charge on any atom is -0.312 e. The van der Waals surface area contributed by atoms with Crippen molar-refractivity contribution >= 4 is 23.5 Å². The molecule has 0 amide bonds. The molecule has 0 spiro atoms. The molecule has 2 fully saturated rings. The average Bonchev–Trinajstić information content (AvgIpc) is 2.28. The van der Waals surface area contributed by atoms with E-state index in [1.54, 1.807) is 0 Å². The van der Waals surface area contributed by atoms with Crippen molar-refractivity contribution in [2.75, 3.05) is 23.8 Å². The molecule has 1 nitrogen and oxygen atoms in total. The SMILES string of the molecule is CC1(C)CCSCC1NCC1CCCCS1. The fraction of sp³-hybridized carbons (Fsp3) is 1.00. The van der Waals surface area contributed by atoms with Gasteiger partial charge in [0.1, 0.15) is 0 Å². The van der Waals surface area contributed by atoms with E-state index in [-0.39, 0.29) is 0 Å². The van der Waals surface area contributed by atoms with Gasteiger partial charge in [-0.05, 0) is 36.2 Å². The fourth-order valence-electron chi connectivity index (χ4n) is 2.51. The molecular formula is C13H25NS2. The van der Waals surface area contributed by atoms with E-state index in [0.717, 1.165) is 11.3 Å². The highest BCUT2D eigenvalue weighted by Gasteiger charge is 2.32. The van der Waals surface area contributed by atoms with Gasteiger partial charge in [-0.1, -0.05) is 20.3 Å². The fourth-order valence-corrected chi connectivity index (χ4v) is 5.41. The topological polar surface area (TPSA) is 12.0 Å². The lowest BCUT2D eigenvalue weighted by Crippen LogP contribution is -2.48. The van der Waals surface area contributed by atoms with Crippen LogP contribution in [0.1, 0.15) is 39.5 Å². The Morgan fingerprint density at radius 1 is 1.25 bits per heavy atom. The molecule has 16 heavy (non-hydrogen) atoms. The first-order valence-electron chi connectivity index (χ1n) is 6.61. The molecule has 0 bridgehead atoms. The van der Waals surface area contributed by atoms with E-state index < -0.39 is 0 Å². The van der Waals surface area contributed by atoms with Gasteiger partial charge in [0.25, 0.3) is 0 Å². The van der Waals surface area contributed by atoms with Gasteiger partial charge in [-0.3, -0.25) is 0 Å². The predicted octanol–water partition coefficient (Wildman–Crippen LogP) is 3.39. The molecule has 94 valence electrons. The second-order valence-corrected chi connectivity index (χ2v) is 8.32. The summed E-state index contributed by atoms with van der Waals surface area (Å²) >= 11 is 4.31. The Bertz CT molecular complexity index is 212. The lowest BCUT2D eigenvalue weighted by atomic mass is 9.82. The molecule has 1 N–H and O–H groups in total. The molecule has 2 unspecified atom stereocenters. The molecule has 3 heteroatoms. The van der Waals surface area contributed by atoms with Crippen molar-refractivity contribution in [2.24, 2.45) is 5.41 Å². The Balaban J connectivity index is 1.75. The Kier molecular flexibility index (Phi) is 4.92. The van der Waals surface area contributed by atoms with Crippen LogP contribution in [0.3, 0.4) is 0 Å². The first-order valence-corrected chi connectivity index (χ1v) is 8.81. The van der Waals surface area contributed by atoms with E-state index in [1.165, 1.54) is 49.5 Å². The van der Waals surface area contributed by atoms with Gasteiger partial charge in [0.15, 0.2) is 0 Å². The van der Waals surface area contributed by atoms with Crippen LogP contribution in [0, 0.1) is 5.41 Å². The summed E-state index contributed by atoms with van der Waals surface area (Å²) in [6.45, 7) is 6.09. The molecule has 2 saturated heterocycles. The first kappa shape index (κ1) is 13.1. The molecule has 2 rings (SSSR count). The lowest BCUT2D eigenvalue weighted by molar-refractivity contribution is 0.246. The lowest BCUT2D eigenvalue weighted by Gasteiger charge is -2.39. The zero-order chi connectivity index (χ0) is 11.4. The molecule has 0 aromatic heterocycles. The van der Waals surface area contributed by atoms with Crippen LogP contribution in [0.4, 0.5) is 0 Å². The van der Waals surface area contributed by atoms with Gasteiger partial charge in [-0.2, -0.15) is 23.5 Å². The van der Waals surface area contributed by atoms with Crippen molar-refractivity contribution in [1.29, 1.82) is 0 Å². The molecular weight excluding hydrogens is 234 g/mol. The molecule has 2 atom stereocenters. The maximum absolute atomic E-state index is 3.84. The smallest absolute Gasteiger partial charge is 0.0210 e. The summed E-state index contributed by atoms with van der Waals surface area (Å²) in [5.41, 5.74) is 0.505. The summed E-state index contributed by atoms with van der Waals surface area (Å²) in [6, 6.07) is 0.730. The molecule has 0 aliphatic carbocycles. The van der Waals surface area contributed by atoms with Crippen molar-refractivity contribution in [2.45, 2.75) is 50.8 Å². The van der Waals surface area contributed by atoms with Crippen LogP contribution in [0.5, 0.6) is 0 Å². The van der Waals surface area contributed by atoms with Gasteiger partial charge >= 0.3 is 0 Å². The Morgan fingerprint density at radius 2 is 2.12 bits per heavy atom. The summed E-state index contributed by atoms with van der Waals surface area (Å²) in [5.74, 6) is 4.04. The largest absolute Gasteiger partial charge is 0.312 e. The minimum absolute atomic E-state index is 0.505. The molecule has 0 radical (unpaired) electrons. The Labute approximate surface area is 109 Å². The molecule has 0 aromatic carbocycles. The number of rotatable bonds is 3. The summed E-state index contributed by atoms with van der Waals surface area (Å²) in [7, 11) is 0. The first-order chi connectivity index (χ1) is 7.68. The quantitative estimate of drug-likeness (QED) is 0.834. The van der Waals surface area contributed by atoms with Gasteiger partial charge in [0.2, 0.25) is 0 Å². The van der Waals surface area contributed by atoms with Crippen molar-refractivity contribution in [1.82, 2.24) is 5.32 Å². The van der Waals surface area contributed by atoms with E-state index in [2.05, 4.69) is 42.7 Å². The van der Waals surface area contributed by atoms with Crippen LogP contribution >= 0.6 is 23.5 Å². The molecule has 0 aromatic rings. The zero-order valence-corrected chi connectivity index (χ0v) is 12.3. The highest BCUT2D eigenvalue weighted by Crippen LogP contribution is 2.34. The third kappa shape index (κ3) is 3.58. The third-order valence-corrected chi connectivity index (χ3v) is 6.44. The van der Waals surface area contributed by atoms with Crippen molar-refractivity contribution in [3.05, 3.63) is 0 Å². The van der Waals surface area contributed by atoms with E-state index in [9.17, 15) is 0 Å². The number of thioether (sulfide) groups is 2. The van der Waals surface area contributed by atoms with Crippen LogP contribution in [0.25, 0.3) is 0 Å². The summed E-state index contributed by atoms with van der Waals surface area (Å²) in [5, 5.41) is 4.73. The van der Waals surface area contributed by atoms with E-state index >= 15 is 0 Å². The number of nitrogens with one attached hydrogen (secondary N) is 1. The normalized spacial score (nSPS) is 34.9. The van der Waals surface area contributed by atoms with Crippen molar-refractivity contribution < 1.29 is 0 Å². The van der Waals surface area contributed by atoms with Gasteiger partial charge in [-0.15, -0.1) is 0 Å². The molecule has 2 aliphatic heterocycles. The summed E-state index contributed by atoms with van der Waals surface area (Å²) in [6.07, 6.45) is 5.68. The van der Waals surface area contributed by atoms with Gasteiger partial charge in [0, 0.05) is 23.6 Å². The van der Waals surface area contributed by atoms with Crippen LogP contribution in [0.15, 0.2) is 0 Å². The second-order valence-electron chi connectivity index (χ2n) is 5.76. The van der Waals surface area contributed by atoms with Crippen LogP contribution in [0.2, 0.25) is 0 Å². The summed E-state index contributed by atoms with van der Waals surface area (Å²) < 4.78 is 0. The van der Waals surface area contributed by atoms with Crippen molar-refractivity contribution in [3.63, 3.8) is 0 Å². The highest BCUT2D eigenvalue weighted by molar-refractivity contribution is 8.00. The van der Waals surface area contributed by atoms with E-state index in [0.29, 0.717) is 5.41 Å². The Hall–Kier alpha value is 0.660. The van der Waals surface area contributed by atoms with Gasteiger partial charge < -0.3 is 5.32 Å². The van der Waals surface area contributed by atoms with Crippen LogP contribution < -0.4 is 5.32 Å². The second kappa shape index (κ2) is 6.01. The van der Waals surface area contributed by atoms with E-state index in [1.807, 2.05) is 0 Å². The maximum Gasteiger partial charge on any atom is 0.0210 e. The maximum atomic E-state index is 3.84. The predicted molar refractivity (Wildman–Crippen MR) is 77.6 cm³/mol. The zero-order valence-electron chi connectivity index (χ0n) is 10.6. The molecule has 2 heterocycles. The van der Waals surface area contributed by atoms with Gasteiger partial charge in [-0.25, -0.2) is 0 Å². The van der Waals surface area contributed by atoms with Gasteiger partial charge in [0.05, 0.1) is 0 Å². The number of hydrogen-bond acceptors (Lipinski definition) is 3. The minimum atomic E-state index is 0.505. The number of hydrogen-bond donors (Lipinski definition) is 1. The van der Waals surface area contributed by atoms with Crippen LogP contribution in [-0.2, 0) is 0 Å². The standard InChI is InChI=1S/C13H25NS2/c1-13(2)6-8-15-10-12(13)14-9-11-5-3-4-7-16-11/h11-12,14H,3-10H2,1-2H3. The Morgan fingerprint density at radius 3 is 2.81 bits per heavy atom. The third-order valence-electron chi connectivity index (χ3n) is 3.98. The molecule has 0 saturated carbocycles.